The molecule has 3 aromatic rings. The lowest BCUT2D eigenvalue weighted by atomic mass is 10.1. The van der Waals surface area contributed by atoms with Crippen LogP contribution in [0.25, 0.3) is 0 Å². The van der Waals surface area contributed by atoms with Crippen molar-refractivity contribution in [3.05, 3.63) is 83.0 Å². The van der Waals surface area contributed by atoms with E-state index >= 15 is 0 Å². The fourth-order valence-electron chi connectivity index (χ4n) is 2.70. The van der Waals surface area contributed by atoms with Crippen LogP contribution in [-0.2, 0) is 6.54 Å². The maximum Gasteiger partial charge on any atom is 0.255 e. The van der Waals surface area contributed by atoms with Gasteiger partial charge < -0.3 is 16.4 Å². The number of aromatic nitrogens is 1. The number of nitrogen functional groups attached to an aromatic ring is 1. The number of rotatable bonds is 5. The van der Waals surface area contributed by atoms with Crippen LogP contribution in [0.15, 0.2) is 60.7 Å². The van der Waals surface area contributed by atoms with Crippen molar-refractivity contribution in [3.63, 3.8) is 0 Å². The van der Waals surface area contributed by atoms with Crippen LogP contribution in [0.2, 0.25) is 0 Å². The van der Waals surface area contributed by atoms with E-state index in [2.05, 4.69) is 15.6 Å². The molecule has 0 fully saturated rings. The Bertz CT molecular complexity index is 899. The fourth-order valence-corrected chi connectivity index (χ4v) is 2.70. The molecule has 4 N–H and O–H groups in total. The van der Waals surface area contributed by atoms with E-state index in [4.69, 9.17) is 5.73 Å². The number of pyridine rings is 1. The first-order chi connectivity index (χ1) is 12.5. The SMILES string of the molecule is Cc1cc(C)nc(NCc2ccc(C(=O)Nc3ccccc3N)cc2)c1. The third-order valence-corrected chi connectivity index (χ3v) is 4.00. The highest BCUT2D eigenvalue weighted by molar-refractivity contribution is 6.05. The summed E-state index contributed by atoms with van der Waals surface area (Å²) in [5, 5.41) is 6.14. The Morgan fingerprint density at radius 3 is 2.46 bits per heavy atom. The fraction of sp³-hybridized carbons (Fsp3) is 0.143. The van der Waals surface area contributed by atoms with Crippen molar-refractivity contribution in [2.45, 2.75) is 20.4 Å². The molecule has 1 heterocycles. The average Bonchev–Trinajstić information content (AvgIpc) is 2.61. The van der Waals surface area contributed by atoms with Gasteiger partial charge in [-0.1, -0.05) is 24.3 Å². The van der Waals surface area contributed by atoms with Crippen LogP contribution < -0.4 is 16.4 Å². The first-order valence-corrected chi connectivity index (χ1v) is 8.45. The number of anilines is 3. The Kier molecular flexibility index (Phi) is 5.17. The summed E-state index contributed by atoms with van der Waals surface area (Å²) in [6.07, 6.45) is 0. The Balaban J connectivity index is 1.62. The molecule has 0 spiro atoms. The number of para-hydroxylation sites is 2. The van der Waals surface area contributed by atoms with Crippen molar-refractivity contribution in [2.24, 2.45) is 0 Å². The standard InChI is InChI=1S/C21H22N4O/c1-14-11-15(2)24-20(12-14)23-13-16-7-9-17(10-8-16)21(26)25-19-6-4-3-5-18(19)22/h3-12H,13,22H2,1-2H3,(H,23,24)(H,25,26). The Morgan fingerprint density at radius 2 is 1.77 bits per heavy atom. The molecule has 0 unspecified atom stereocenters. The van der Waals surface area contributed by atoms with E-state index in [0.717, 1.165) is 17.1 Å². The second kappa shape index (κ2) is 7.70. The van der Waals surface area contributed by atoms with Crippen LogP contribution in [0.4, 0.5) is 17.2 Å². The second-order valence-electron chi connectivity index (χ2n) is 6.26. The van der Waals surface area contributed by atoms with Crippen molar-refractivity contribution >= 4 is 23.1 Å². The van der Waals surface area contributed by atoms with Crippen LogP contribution >= 0.6 is 0 Å². The van der Waals surface area contributed by atoms with Crippen LogP contribution in [0, 0.1) is 13.8 Å². The van der Waals surface area contributed by atoms with Crippen LogP contribution in [0.1, 0.15) is 27.2 Å². The first kappa shape index (κ1) is 17.5. The molecule has 1 amide bonds. The van der Waals surface area contributed by atoms with E-state index in [-0.39, 0.29) is 5.91 Å². The van der Waals surface area contributed by atoms with Gasteiger partial charge in [-0.3, -0.25) is 4.79 Å². The van der Waals surface area contributed by atoms with Gasteiger partial charge in [0.2, 0.25) is 0 Å². The van der Waals surface area contributed by atoms with Gasteiger partial charge in [0.25, 0.3) is 5.91 Å². The number of benzene rings is 2. The molecule has 5 nitrogen and oxygen atoms in total. The van der Waals surface area contributed by atoms with Crippen LogP contribution in [-0.4, -0.2) is 10.9 Å². The molecule has 0 aliphatic carbocycles. The average molecular weight is 346 g/mol. The highest BCUT2D eigenvalue weighted by atomic mass is 16.1. The molecule has 132 valence electrons. The summed E-state index contributed by atoms with van der Waals surface area (Å²) in [6, 6.07) is 18.7. The minimum Gasteiger partial charge on any atom is -0.397 e. The quantitative estimate of drug-likeness (QED) is 0.607. The summed E-state index contributed by atoms with van der Waals surface area (Å²) in [5.74, 6) is 0.669. The van der Waals surface area contributed by atoms with Crippen molar-refractivity contribution in [1.82, 2.24) is 4.98 Å². The Hall–Kier alpha value is -3.34. The summed E-state index contributed by atoms with van der Waals surface area (Å²) < 4.78 is 0. The summed E-state index contributed by atoms with van der Waals surface area (Å²) in [6.45, 7) is 4.67. The lowest BCUT2D eigenvalue weighted by Crippen LogP contribution is -2.13. The number of carbonyl (C=O) groups excluding carboxylic acids is 1. The molecular formula is C21H22N4O. The van der Waals surface area contributed by atoms with E-state index in [0.29, 0.717) is 23.5 Å². The lowest BCUT2D eigenvalue weighted by Gasteiger charge is -2.10. The van der Waals surface area contributed by atoms with E-state index in [1.54, 1.807) is 24.3 Å². The van der Waals surface area contributed by atoms with Gasteiger partial charge in [0.15, 0.2) is 0 Å². The smallest absolute Gasteiger partial charge is 0.255 e. The second-order valence-corrected chi connectivity index (χ2v) is 6.26. The predicted molar refractivity (Wildman–Crippen MR) is 106 cm³/mol. The number of nitrogens with one attached hydrogen (secondary N) is 2. The maximum atomic E-state index is 12.3. The van der Waals surface area contributed by atoms with Crippen molar-refractivity contribution in [2.75, 3.05) is 16.4 Å². The van der Waals surface area contributed by atoms with E-state index in [1.165, 1.54) is 5.56 Å². The van der Waals surface area contributed by atoms with Gasteiger partial charge >= 0.3 is 0 Å². The van der Waals surface area contributed by atoms with Gasteiger partial charge in [0.05, 0.1) is 11.4 Å². The topological polar surface area (TPSA) is 80.0 Å². The number of hydrogen-bond donors (Lipinski definition) is 3. The van der Waals surface area contributed by atoms with Crippen molar-refractivity contribution < 1.29 is 4.79 Å². The molecule has 0 saturated heterocycles. The molecule has 0 aliphatic heterocycles. The molecule has 0 radical (unpaired) electrons. The third-order valence-electron chi connectivity index (χ3n) is 4.00. The number of nitrogens with zero attached hydrogens (tertiary/aromatic N) is 1. The van der Waals surface area contributed by atoms with E-state index in [9.17, 15) is 4.79 Å². The molecule has 0 atom stereocenters. The molecule has 2 aromatic carbocycles. The zero-order chi connectivity index (χ0) is 18.5. The van der Waals surface area contributed by atoms with Gasteiger partial charge in [-0.05, 0) is 61.4 Å². The molecule has 0 aliphatic rings. The molecule has 3 rings (SSSR count). The summed E-state index contributed by atoms with van der Waals surface area (Å²) in [4.78, 5) is 16.8. The molecular weight excluding hydrogens is 324 g/mol. The minimum atomic E-state index is -0.182. The van der Waals surface area contributed by atoms with Gasteiger partial charge in [-0.15, -0.1) is 0 Å². The van der Waals surface area contributed by atoms with Gasteiger partial charge in [-0.2, -0.15) is 0 Å². The zero-order valence-corrected chi connectivity index (χ0v) is 14.9. The van der Waals surface area contributed by atoms with E-state index in [1.807, 2.05) is 50.2 Å². The lowest BCUT2D eigenvalue weighted by molar-refractivity contribution is 0.102. The maximum absolute atomic E-state index is 12.3. The summed E-state index contributed by atoms with van der Waals surface area (Å²) >= 11 is 0. The highest BCUT2D eigenvalue weighted by Crippen LogP contribution is 2.18. The summed E-state index contributed by atoms with van der Waals surface area (Å²) in [7, 11) is 0. The molecule has 1 aromatic heterocycles. The third kappa shape index (κ3) is 4.39. The number of aryl methyl sites for hydroxylation is 2. The van der Waals surface area contributed by atoms with Gasteiger partial charge in [0.1, 0.15) is 5.82 Å². The summed E-state index contributed by atoms with van der Waals surface area (Å²) in [5.41, 5.74) is 10.8. The molecule has 26 heavy (non-hydrogen) atoms. The number of hydrogen-bond acceptors (Lipinski definition) is 4. The minimum absolute atomic E-state index is 0.182. The number of nitrogens with two attached hydrogens (primary N) is 1. The van der Waals surface area contributed by atoms with Crippen LogP contribution in [0.5, 0.6) is 0 Å². The van der Waals surface area contributed by atoms with Gasteiger partial charge in [0, 0.05) is 17.8 Å². The van der Waals surface area contributed by atoms with Crippen molar-refractivity contribution in [3.8, 4) is 0 Å². The first-order valence-electron chi connectivity index (χ1n) is 8.45. The Morgan fingerprint density at radius 1 is 1.04 bits per heavy atom. The van der Waals surface area contributed by atoms with Crippen molar-refractivity contribution in [1.29, 1.82) is 0 Å². The Labute approximate surface area is 153 Å². The zero-order valence-electron chi connectivity index (χ0n) is 14.9. The normalized spacial score (nSPS) is 10.4. The van der Waals surface area contributed by atoms with Gasteiger partial charge in [-0.25, -0.2) is 4.98 Å². The predicted octanol–water partition coefficient (Wildman–Crippen LogP) is 4.15. The van der Waals surface area contributed by atoms with Crippen LogP contribution in [0.3, 0.4) is 0 Å². The largest absolute Gasteiger partial charge is 0.397 e. The number of amides is 1. The molecule has 5 heteroatoms. The molecule has 0 bridgehead atoms. The molecule has 0 saturated carbocycles. The monoisotopic (exact) mass is 346 g/mol. The highest BCUT2D eigenvalue weighted by Gasteiger charge is 2.08. The van der Waals surface area contributed by atoms with E-state index < -0.39 is 0 Å². The number of carbonyl (C=O) groups is 1.